The van der Waals surface area contributed by atoms with Crippen molar-refractivity contribution in [1.29, 1.82) is 0 Å². The molecule has 0 fully saturated rings. The van der Waals surface area contributed by atoms with Gasteiger partial charge < -0.3 is 15.8 Å². The number of hydrogen-bond acceptors (Lipinski definition) is 5. The summed E-state index contributed by atoms with van der Waals surface area (Å²) < 4.78 is 32.3. The van der Waals surface area contributed by atoms with Crippen LogP contribution < -0.4 is 16.4 Å². The normalized spacial score (nSPS) is 10.9. The summed E-state index contributed by atoms with van der Waals surface area (Å²) in [5, 5.41) is 7.54. The Labute approximate surface area is 199 Å². The first-order chi connectivity index (χ1) is 17.0. The van der Waals surface area contributed by atoms with E-state index in [1.54, 1.807) is 18.2 Å². The third-order valence-corrected chi connectivity index (χ3v) is 5.41. The molecule has 0 saturated heterocycles. The maximum Gasteiger partial charge on any atom is 0.412 e. The van der Waals surface area contributed by atoms with Gasteiger partial charge in [0.25, 0.3) is 0 Å². The van der Waals surface area contributed by atoms with E-state index in [9.17, 15) is 13.6 Å². The standard InChI is InChI=1S/C27H20F2N4O2/c28-17-9-10-22(29)25(13-17)33-27(34)35-15-16-11-18(30)14-19(12-16)31-26-20-5-1-3-7-23(20)32-24-8-4-2-6-21(24)26/h1-14H,15,30H2,(H,31,32)(H,33,34). The Morgan fingerprint density at radius 1 is 0.886 bits per heavy atom. The summed E-state index contributed by atoms with van der Waals surface area (Å²) in [6.07, 6.45) is -0.919. The lowest BCUT2D eigenvalue weighted by atomic mass is 10.1. The number of benzene rings is 4. The van der Waals surface area contributed by atoms with Gasteiger partial charge in [0, 0.05) is 28.2 Å². The van der Waals surface area contributed by atoms with E-state index >= 15 is 0 Å². The van der Waals surface area contributed by atoms with Crippen molar-refractivity contribution in [3.05, 3.63) is 102 Å². The minimum Gasteiger partial charge on any atom is -0.444 e. The number of anilines is 4. The van der Waals surface area contributed by atoms with Crippen molar-refractivity contribution in [3.8, 4) is 0 Å². The van der Waals surface area contributed by atoms with E-state index < -0.39 is 17.7 Å². The van der Waals surface area contributed by atoms with Gasteiger partial charge in [0.15, 0.2) is 0 Å². The molecule has 0 atom stereocenters. The van der Waals surface area contributed by atoms with Gasteiger partial charge in [-0.2, -0.15) is 0 Å². The Morgan fingerprint density at radius 3 is 2.29 bits per heavy atom. The molecule has 8 heteroatoms. The van der Waals surface area contributed by atoms with Crippen molar-refractivity contribution in [1.82, 2.24) is 4.98 Å². The highest BCUT2D eigenvalue weighted by atomic mass is 19.1. The zero-order valence-corrected chi connectivity index (χ0v) is 18.4. The van der Waals surface area contributed by atoms with Crippen LogP contribution in [0.5, 0.6) is 0 Å². The summed E-state index contributed by atoms with van der Waals surface area (Å²) >= 11 is 0. The summed E-state index contributed by atoms with van der Waals surface area (Å²) in [4.78, 5) is 16.9. The molecule has 0 aliphatic rings. The van der Waals surface area contributed by atoms with E-state index in [1.807, 2.05) is 48.5 Å². The van der Waals surface area contributed by atoms with Crippen molar-refractivity contribution in [2.75, 3.05) is 16.4 Å². The number of hydrogen-bond donors (Lipinski definition) is 3. The predicted octanol–water partition coefficient (Wildman–Crippen LogP) is 6.74. The number of carbonyl (C=O) groups is 1. The van der Waals surface area contributed by atoms with Gasteiger partial charge in [-0.3, -0.25) is 5.32 Å². The van der Waals surface area contributed by atoms with Crippen LogP contribution in [0.1, 0.15) is 5.56 Å². The number of para-hydroxylation sites is 2. The lowest BCUT2D eigenvalue weighted by Crippen LogP contribution is -2.14. The zero-order valence-electron chi connectivity index (χ0n) is 18.4. The van der Waals surface area contributed by atoms with Gasteiger partial charge in [-0.25, -0.2) is 18.6 Å². The molecule has 35 heavy (non-hydrogen) atoms. The number of pyridine rings is 1. The third kappa shape index (κ3) is 4.81. The highest BCUT2D eigenvalue weighted by molar-refractivity contribution is 6.08. The first-order valence-corrected chi connectivity index (χ1v) is 10.8. The highest BCUT2D eigenvalue weighted by Gasteiger charge is 2.12. The van der Waals surface area contributed by atoms with Crippen LogP contribution in [-0.4, -0.2) is 11.1 Å². The van der Waals surface area contributed by atoms with E-state index in [4.69, 9.17) is 15.5 Å². The lowest BCUT2D eigenvalue weighted by molar-refractivity contribution is 0.155. The molecule has 0 bridgehead atoms. The average molecular weight is 470 g/mol. The van der Waals surface area contributed by atoms with Crippen molar-refractivity contribution >= 4 is 50.6 Å². The molecule has 0 radical (unpaired) electrons. The molecule has 174 valence electrons. The zero-order chi connectivity index (χ0) is 24.4. The van der Waals surface area contributed by atoms with Crippen molar-refractivity contribution < 1.29 is 18.3 Å². The van der Waals surface area contributed by atoms with Gasteiger partial charge in [-0.05, 0) is 48.0 Å². The number of aromatic nitrogens is 1. The third-order valence-electron chi connectivity index (χ3n) is 5.41. The van der Waals surface area contributed by atoms with E-state index in [2.05, 4.69) is 10.6 Å². The largest absolute Gasteiger partial charge is 0.444 e. The second-order valence-corrected chi connectivity index (χ2v) is 7.93. The number of nitrogens with zero attached hydrogens (tertiary/aromatic N) is 1. The molecule has 4 N–H and O–H groups in total. The maximum atomic E-state index is 13.8. The Hall–Kier alpha value is -4.72. The Morgan fingerprint density at radius 2 is 1.57 bits per heavy atom. The van der Waals surface area contributed by atoms with Gasteiger partial charge in [0.2, 0.25) is 0 Å². The molecular weight excluding hydrogens is 450 g/mol. The SMILES string of the molecule is Nc1cc(COC(=O)Nc2cc(F)ccc2F)cc(Nc2c3ccccc3nc3ccccc23)c1. The number of fused-ring (bicyclic) bond motifs is 2. The van der Waals surface area contributed by atoms with E-state index in [1.165, 1.54) is 0 Å². The molecule has 0 saturated carbocycles. The number of nitrogens with two attached hydrogens (primary N) is 1. The van der Waals surface area contributed by atoms with E-state index in [0.29, 0.717) is 16.9 Å². The Balaban J connectivity index is 1.39. The molecule has 0 aliphatic carbocycles. The van der Waals surface area contributed by atoms with Gasteiger partial charge >= 0.3 is 6.09 Å². The molecule has 6 nitrogen and oxygen atoms in total. The molecule has 5 aromatic rings. The smallest absolute Gasteiger partial charge is 0.412 e. The van der Waals surface area contributed by atoms with Crippen LogP contribution in [0.2, 0.25) is 0 Å². The quantitative estimate of drug-likeness (QED) is 0.196. The second-order valence-electron chi connectivity index (χ2n) is 7.93. The van der Waals surface area contributed by atoms with Gasteiger partial charge in [0.1, 0.15) is 18.2 Å². The molecule has 0 unspecified atom stereocenters. The monoisotopic (exact) mass is 470 g/mol. The van der Waals surface area contributed by atoms with Gasteiger partial charge in [-0.1, -0.05) is 36.4 Å². The van der Waals surface area contributed by atoms with Crippen molar-refractivity contribution in [2.45, 2.75) is 6.61 Å². The summed E-state index contributed by atoms with van der Waals surface area (Å²) in [5.74, 6) is -1.44. The topological polar surface area (TPSA) is 89.3 Å². The number of nitrogen functional groups attached to an aromatic ring is 1. The van der Waals surface area contributed by atoms with Crippen LogP contribution in [0.3, 0.4) is 0 Å². The van der Waals surface area contributed by atoms with Crippen LogP contribution in [0.15, 0.2) is 84.9 Å². The van der Waals surface area contributed by atoms with Gasteiger partial charge in [0.05, 0.1) is 22.4 Å². The van der Waals surface area contributed by atoms with Crippen LogP contribution in [0, 0.1) is 11.6 Å². The van der Waals surface area contributed by atoms with Crippen molar-refractivity contribution in [2.24, 2.45) is 0 Å². The summed E-state index contributed by atoms with van der Waals surface area (Å²) in [6.45, 7) is -0.125. The molecule has 1 aromatic heterocycles. The van der Waals surface area contributed by atoms with Gasteiger partial charge in [-0.15, -0.1) is 0 Å². The summed E-state index contributed by atoms with van der Waals surface area (Å²) in [6, 6.07) is 23.7. The molecular formula is C27H20F2N4O2. The van der Waals surface area contributed by atoms with Crippen LogP contribution in [0.25, 0.3) is 21.8 Å². The fourth-order valence-corrected chi connectivity index (χ4v) is 3.88. The Bertz CT molecular complexity index is 1520. The summed E-state index contributed by atoms with van der Waals surface area (Å²) in [7, 11) is 0. The fourth-order valence-electron chi connectivity index (χ4n) is 3.88. The first kappa shape index (κ1) is 22.1. The number of amides is 1. The molecule has 1 amide bonds. The minimum atomic E-state index is -0.919. The molecule has 5 rings (SSSR count). The molecule has 0 spiro atoms. The summed E-state index contributed by atoms with van der Waals surface area (Å²) in [5.41, 5.74) is 10.2. The number of rotatable bonds is 5. The van der Waals surface area contributed by atoms with Crippen LogP contribution >= 0.6 is 0 Å². The maximum absolute atomic E-state index is 13.8. The number of halogens is 2. The fraction of sp³-hybridized carbons (Fsp3) is 0.0370. The molecule has 0 aliphatic heterocycles. The van der Waals surface area contributed by atoms with E-state index in [-0.39, 0.29) is 12.3 Å². The average Bonchev–Trinajstić information content (AvgIpc) is 2.84. The van der Waals surface area contributed by atoms with Crippen molar-refractivity contribution in [3.63, 3.8) is 0 Å². The number of nitrogens with one attached hydrogen (secondary N) is 2. The van der Waals surface area contributed by atoms with E-state index in [0.717, 1.165) is 45.7 Å². The highest BCUT2D eigenvalue weighted by Crippen LogP contribution is 2.33. The minimum absolute atomic E-state index is 0.125. The Kier molecular flexibility index (Phi) is 5.85. The number of carbonyl (C=O) groups excluding carboxylic acids is 1. The number of ether oxygens (including phenoxy) is 1. The lowest BCUT2D eigenvalue weighted by Gasteiger charge is -2.15. The predicted molar refractivity (Wildman–Crippen MR) is 134 cm³/mol. The molecule has 4 aromatic carbocycles. The van der Waals surface area contributed by atoms with Crippen LogP contribution in [0.4, 0.5) is 36.3 Å². The first-order valence-electron chi connectivity index (χ1n) is 10.8. The van der Waals surface area contributed by atoms with Crippen LogP contribution in [-0.2, 0) is 11.3 Å². The molecule has 1 heterocycles. The second kappa shape index (κ2) is 9.26.